The lowest BCUT2D eigenvalue weighted by molar-refractivity contribution is 0.223. The second-order valence-electron chi connectivity index (χ2n) is 6.19. The van der Waals surface area contributed by atoms with Crippen molar-refractivity contribution in [2.24, 2.45) is 29.6 Å². The minimum Gasteiger partial charge on any atom is -0.0632 e. The number of hydrogen-bond donors (Lipinski definition) is 0. The van der Waals surface area contributed by atoms with E-state index in [0.717, 1.165) is 23.7 Å². The van der Waals surface area contributed by atoms with Crippen molar-refractivity contribution >= 4 is 0 Å². The van der Waals surface area contributed by atoms with E-state index in [1.165, 1.54) is 0 Å². The minimum atomic E-state index is 0.697. The standard InChI is InChI=1S/C16H26/c1-8-9(2)12(5)16-14(7)10(3)13(6)15(16)11(8)4/h8-9,11-13H,1-7H3. The van der Waals surface area contributed by atoms with E-state index in [1.807, 2.05) is 0 Å². The zero-order valence-electron chi connectivity index (χ0n) is 11.9. The molecule has 5 atom stereocenters. The largest absolute Gasteiger partial charge is 0.0632 e. The Morgan fingerprint density at radius 2 is 1.25 bits per heavy atom. The van der Waals surface area contributed by atoms with E-state index in [2.05, 4.69) is 48.5 Å². The fourth-order valence-corrected chi connectivity index (χ4v) is 3.92. The molecule has 0 saturated heterocycles. The normalized spacial score (nSPS) is 44.1. The second kappa shape index (κ2) is 3.75. The first-order chi connectivity index (χ1) is 7.37. The molecule has 0 aromatic heterocycles. The Morgan fingerprint density at radius 1 is 0.750 bits per heavy atom. The average Bonchev–Trinajstić information content (AvgIpc) is 2.48. The van der Waals surface area contributed by atoms with Crippen LogP contribution < -0.4 is 0 Å². The van der Waals surface area contributed by atoms with Gasteiger partial charge in [0.15, 0.2) is 0 Å². The van der Waals surface area contributed by atoms with Crippen LogP contribution >= 0.6 is 0 Å². The molecule has 2 aliphatic rings. The summed E-state index contributed by atoms with van der Waals surface area (Å²) >= 11 is 0. The Labute approximate surface area is 101 Å². The number of hydrogen-bond acceptors (Lipinski definition) is 0. The molecule has 90 valence electrons. The van der Waals surface area contributed by atoms with Crippen LogP contribution in [0.5, 0.6) is 0 Å². The smallest absolute Gasteiger partial charge is 0.000957 e. The van der Waals surface area contributed by atoms with E-state index < -0.39 is 0 Å². The maximum atomic E-state index is 2.44. The highest BCUT2D eigenvalue weighted by atomic mass is 14.5. The molecule has 0 saturated carbocycles. The third kappa shape index (κ3) is 1.35. The maximum Gasteiger partial charge on any atom is -0.000957 e. The SMILES string of the molecule is CC1=C(C)C(C)C2=C1C(C)C(C)C(C)C2C. The first kappa shape index (κ1) is 12.0. The summed E-state index contributed by atoms with van der Waals surface area (Å²) in [6, 6.07) is 0. The lowest BCUT2D eigenvalue weighted by Crippen LogP contribution is -2.31. The van der Waals surface area contributed by atoms with Crippen LogP contribution in [-0.2, 0) is 0 Å². The summed E-state index contributed by atoms with van der Waals surface area (Å²) in [5.74, 6) is 3.86. The van der Waals surface area contributed by atoms with Crippen molar-refractivity contribution in [3.63, 3.8) is 0 Å². The highest BCUT2D eigenvalue weighted by Gasteiger charge is 2.41. The Balaban J connectivity index is 2.54. The molecule has 0 amide bonds. The lowest BCUT2D eigenvalue weighted by Gasteiger charge is -2.40. The summed E-state index contributed by atoms with van der Waals surface area (Å²) in [6.07, 6.45) is 0. The van der Waals surface area contributed by atoms with Crippen molar-refractivity contribution in [1.82, 2.24) is 0 Å². The number of rotatable bonds is 0. The van der Waals surface area contributed by atoms with E-state index in [0.29, 0.717) is 5.92 Å². The molecule has 2 aliphatic carbocycles. The molecule has 2 rings (SSSR count). The van der Waals surface area contributed by atoms with Gasteiger partial charge in [-0.1, -0.05) is 45.8 Å². The van der Waals surface area contributed by atoms with Crippen LogP contribution in [0.25, 0.3) is 0 Å². The first-order valence-electron chi connectivity index (χ1n) is 6.79. The van der Waals surface area contributed by atoms with Crippen LogP contribution in [0.15, 0.2) is 22.3 Å². The van der Waals surface area contributed by atoms with Crippen LogP contribution in [0, 0.1) is 29.6 Å². The van der Waals surface area contributed by atoms with Crippen LogP contribution in [0.4, 0.5) is 0 Å². The van der Waals surface area contributed by atoms with Gasteiger partial charge in [-0.15, -0.1) is 0 Å². The van der Waals surface area contributed by atoms with Gasteiger partial charge < -0.3 is 0 Å². The maximum absolute atomic E-state index is 2.44. The van der Waals surface area contributed by atoms with Gasteiger partial charge in [-0.3, -0.25) is 0 Å². The monoisotopic (exact) mass is 218 g/mol. The van der Waals surface area contributed by atoms with E-state index >= 15 is 0 Å². The molecule has 0 aromatic rings. The zero-order chi connectivity index (χ0) is 12.2. The molecular weight excluding hydrogens is 192 g/mol. The molecule has 5 unspecified atom stereocenters. The number of allylic oxidation sites excluding steroid dienone is 4. The van der Waals surface area contributed by atoms with Gasteiger partial charge in [0.25, 0.3) is 0 Å². The lowest BCUT2D eigenvalue weighted by atomic mass is 9.65. The van der Waals surface area contributed by atoms with Crippen molar-refractivity contribution in [1.29, 1.82) is 0 Å². The molecule has 0 nitrogen and oxygen atoms in total. The summed E-state index contributed by atoms with van der Waals surface area (Å²) in [6.45, 7) is 16.8. The predicted octanol–water partition coefficient (Wildman–Crippen LogP) is 4.83. The molecule has 0 aliphatic heterocycles. The van der Waals surface area contributed by atoms with Gasteiger partial charge >= 0.3 is 0 Å². The molecule has 0 aromatic carbocycles. The summed E-state index contributed by atoms with van der Waals surface area (Å²) < 4.78 is 0. The van der Waals surface area contributed by atoms with E-state index in [1.54, 1.807) is 22.3 Å². The highest BCUT2D eigenvalue weighted by Crippen LogP contribution is 2.52. The molecule has 0 spiro atoms. The molecule has 0 radical (unpaired) electrons. The Hall–Kier alpha value is -0.520. The third-order valence-electron chi connectivity index (χ3n) is 5.78. The third-order valence-corrected chi connectivity index (χ3v) is 5.78. The van der Waals surface area contributed by atoms with Crippen molar-refractivity contribution < 1.29 is 0 Å². The van der Waals surface area contributed by atoms with Gasteiger partial charge in [0.1, 0.15) is 0 Å². The fraction of sp³-hybridized carbons (Fsp3) is 0.750. The predicted molar refractivity (Wildman–Crippen MR) is 71.2 cm³/mol. The molecule has 16 heavy (non-hydrogen) atoms. The van der Waals surface area contributed by atoms with Crippen LogP contribution in [0.2, 0.25) is 0 Å². The van der Waals surface area contributed by atoms with Gasteiger partial charge in [-0.05, 0) is 54.6 Å². The van der Waals surface area contributed by atoms with Gasteiger partial charge in [-0.25, -0.2) is 0 Å². The van der Waals surface area contributed by atoms with Crippen molar-refractivity contribution in [2.75, 3.05) is 0 Å². The van der Waals surface area contributed by atoms with Crippen LogP contribution in [0.3, 0.4) is 0 Å². The van der Waals surface area contributed by atoms with E-state index in [9.17, 15) is 0 Å². The fourth-order valence-electron chi connectivity index (χ4n) is 3.92. The summed E-state index contributed by atoms with van der Waals surface area (Å²) in [5, 5.41) is 0. The Morgan fingerprint density at radius 3 is 1.81 bits per heavy atom. The van der Waals surface area contributed by atoms with E-state index in [-0.39, 0.29) is 0 Å². The summed E-state index contributed by atoms with van der Waals surface area (Å²) in [5.41, 5.74) is 6.68. The summed E-state index contributed by atoms with van der Waals surface area (Å²) in [4.78, 5) is 0. The van der Waals surface area contributed by atoms with Crippen LogP contribution in [0.1, 0.15) is 48.5 Å². The van der Waals surface area contributed by atoms with Gasteiger partial charge in [0.05, 0.1) is 0 Å². The van der Waals surface area contributed by atoms with Gasteiger partial charge in [0.2, 0.25) is 0 Å². The zero-order valence-corrected chi connectivity index (χ0v) is 11.9. The summed E-state index contributed by atoms with van der Waals surface area (Å²) in [7, 11) is 0. The van der Waals surface area contributed by atoms with Crippen LogP contribution in [-0.4, -0.2) is 0 Å². The van der Waals surface area contributed by atoms with E-state index in [4.69, 9.17) is 0 Å². The minimum absolute atomic E-state index is 0.697. The molecule has 0 fully saturated rings. The van der Waals surface area contributed by atoms with Gasteiger partial charge in [0, 0.05) is 0 Å². The van der Waals surface area contributed by atoms with Gasteiger partial charge in [-0.2, -0.15) is 0 Å². The quantitative estimate of drug-likeness (QED) is 0.546. The molecule has 0 heterocycles. The van der Waals surface area contributed by atoms with Crippen molar-refractivity contribution in [2.45, 2.75) is 48.5 Å². The second-order valence-corrected chi connectivity index (χ2v) is 6.19. The molecule has 0 N–H and O–H groups in total. The first-order valence-corrected chi connectivity index (χ1v) is 6.79. The highest BCUT2D eigenvalue weighted by molar-refractivity contribution is 5.51. The van der Waals surface area contributed by atoms with Crippen molar-refractivity contribution in [3.05, 3.63) is 22.3 Å². The topological polar surface area (TPSA) is 0 Å². The Bertz CT molecular complexity index is 369. The van der Waals surface area contributed by atoms with Crippen molar-refractivity contribution in [3.8, 4) is 0 Å². The molecular formula is C16H26. The molecule has 0 heteroatoms. The average molecular weight is 218 g/mol. The Kier molecular flexibility index (Phi) is 2.80. The molecule has 0 bridgehead atoms.